The number of hydrogen-bond donors (Lipinski definition) is 0. The fourth-order valence-electron chi connectivity index (χ4n) is 11.8. The first-order valence-electron chi connectivity index (χ1n) is 14.6. The summed E-state index contributed by atoms with van der Waals surface area (Å²) in [6.45, 7) is 18.1. The Morgan fingerprint density at radius 1 is 0.647 bits per heavy atom. The van der Waals surface area contributed by atoms with Crippen LogP contribution in [0.2, 0.25) is 0 Å². The molecule has 9 unspecified atom stereocenters. The first kappa shape index (κ1) is 25.3. The highest BCUT2D eigenvalue weighted by Gasteiger charge is 2.63. The number of hydrogen-bond acceptors (Lipinski definition) is 2. The topological polar surface area (TPSA) is 18.5 Å². The Kier molecular flexibility index (Phi) is 6.01. The normalized spacial score (nSPS) is 51.7. The van der Waals surface area contributed by atoms with Gasteiger partial charge in [0.1, 0.15) is 0 Å². The number of rotatable bonds is 2. The maximum absolute atomic E-state index is 6.05. The molecule has 0 saturated heterocycles. The van der Waals surface area contributed by atoms with E-state index in [1.165, 1.54) is 64.2 Å². The first-order valence-corrected chi connectivity index (χ1v) is 14.6. The molecule has 5 rings (SSSR count). The maximum Gasteiger partial charge on any atom is 0.0625 e. The van der Waals surface area contributed by atoms with Gasteiger partial charge in [-0.1, -0.05) is 60.1 Å². The SMILES string of the molecule is COC1CCC2(C)C3CCC4C(C)(CCC5C(C)(C)C(OC)CCC45C)CC3=CCC2C1(C)C. The smallest absolute Gasteiger partial charge is 0.0625 e. The molecule has 9 atom stereocenters. The fraction of sp³-hybridized carbons (Fsp3) is 0.938. The second kappa shape index (κ2) is 8.08. The predicted octanol–water partition coefficient (Wildman–Crippen LogP) is 8.45. The predicted molar refractivity (Wildman–Crippen MR) is 142 cm³/mol. The number of allylic oxidation sites excluding steroid dienone is 2. The van der Waals surface area contributed by atoms with Gasteiger partial charge < -0.3 is 9.47 Å². The lowest BCUT2D eigenvalue weighted by Crippen LogP contribution is -2.58. The molecule has 4 fully saturated rings. The Bertz CT molecular complexity index is 825. The van der Waals surface area contributed by atoms with Crippen molar-refractivity contribution in [3.8, 4) is 0 Å². The lowest BCUT2D eigenvalue weighted by Gasteiger charge is -2.64. The molecule has 2 heteroatoms. The lowest BCUT2D eigenvalue weighted by molar-refractivity contribution is -0.178. The summed E-state index contributed by atoms with van der Waals surface area (Å²) in [7, 11) is 3.88. The quantitative estimate of drug-likeness (QED) is 0.377. The molecule has 5 aliphatic rings. The lowest BCUT2D eigenvalue weighted by atomic mass is 9.42. The van der Waals surface area contributed by atoms with Gasteiger partial charge in [-0.15, -0.1) is 0 Å². The third kappa shape index (κ3) is 3.32. The van der Waals surface area contributed by atoms with Gasteiger partial charge in [0, 0.05) is 14.2 Å². The molecule has 0 heterocycles. The van der Waals surface area contributed by atoms with E-state index >= 15 is 0 Å². The van der Waals surface area contributed by atoms with Crippen molar-refractivity contribution in [2.75, 3.05) is 14.2 Å². The third-order valence-corrected chi connectivity index (χ3v) is 13.4. The van der Waals surface area contributed by atoms with E-state index in [0.717, 1.165) is 23.7 Å². The van der Waals surface area contributed by atoms with E-state index in [1.54, 1.807) is 0 Å². The minimum Gasteiger partial charge on any atom is -0.381 e. The molecule has 2 nitrogen and oxygen atoms in total. The van der Waals surface area contributed by atoms with E-state index in [1.807, 2.05) is 19.8 Å². The summed E-state index contributed by atoms with van der Waals surface area (Å²) in [5, 5.41) is 0. The van der Waals surface area contributed by atoms with Crippen LogP contribution in [0.25, 0.3) is 0 Å². The highest BCUT2D eigenvalue weighted by Crippen LogP contribution is 2.70. The van der Waals surface area contributed by atoms with Crippen molar-refractivity contribution >= 4 is 0 Å². The molecule has 194 valence electrons. The molecule has 0 N–H and O–H groups in total. The van der Waals surface area contributed by atoms with Crippen molar-refractivity contribution in [2.45, 2.75) is 125 Å². The van der Waals surface area contributed by atoms with Gasteiger partial charge in [0.2, 0.25) is 0 Å². The first-order chi connectivity index (χ1) is 15.8. The standard InChI is InChI=1S/C32H54O2/c1-28(2)23-12-10-21-20-30(5)17-14-24-29(3,4)27(34-9)16-19-32(24,7)25(30)13-11-22(21)31(23,6)18-15-26(28)33-8/h10,22-27H,11-20H2,1-9H3. The fourth-order valence-corrected chi connectivity index (χ4v) is 11.8. The van der Waals surface area contributed by atoms with E-state index in [-0.39, 0.29) is 10.8 Å². The Labute approximate surface area is 211 Å². The molecule has 4 saturated carbocycles. The van der Waals surface area contributed by atoms with Crippen LogP contribution in [-0.4, -0.2) is 26.4 Å². The van der Waals surface area contributed by atoms with Gasteiger partial charge in [-0.05, 0) is 115 Å². The Balaban J connectivity index is 1.48. The van der Waals surface area contributed by atoms with Crippen molar-refractivity contribution in [3.05, 3.63) is 11.6 Å². The second-order valence-corrected chi connectivity index (χ2v) is 15.4. The van der Waals surface area contributed by atoms with E-state index in [9.17, 15) is 0 Å². The molecule has 0 spiro atoms. The zero-order valence-corrected chi connectivity index (χ0v) is 23.9. The van der Waals surface area contributed by atoms with E-state index in [0.29, 0.717) is 28.5 Å². The summed E-state index contributed by atoms with van der Waals surface area (Å²) in [4.78, 5) is 0. The van der Waals surface area contributed by atoms with Gasteiger partial charge in [0.05, 0.1) is 12.2 Å². The molecular formula is C32H54O2. The monoisotopic (exact) mass is 470 g/mol. The average molecular weight is 471 g/mol. The van der Waals surface area contributed by atoms with Crippen LogP contribution in [-0.2, 0) is 9.47 Å². The van der Waals surface area contributed by atoms with Gasteiger partial charge in [-0.3, -0.25) is 0 Å². The van der Waals surface area contributed by atoms with Crippen LogP contribution in [0.3, 0.4) is 0 Å². The minimum atomic E-state index is 0.256. The molecular weight excluding hydrogens is 416 g/mol. The zero-order chi connectivity index (χ0) is 24.7. The van der Waals surface area contributed by atoms with Crippen LogP contribution < -0.4 is 0 Å². The van der Waals surface area contributed by atoms with Crippen LogP contribution >= 0.6 is 0 Å². The molecule has 34 heavy (non-hydrogen) atoms. The van der Waals surface area contributed by atoms with E-state index < -0.39 is 0 Å². The molecule has 0 bridgehead atoms. The average Bonchev–Trinajstić information content (AvgIpc) is 2.90. The van der Waals surface area contributed by atoms with Gasteiger partial charge >= 0.3 is 0 Å². The largest absolute Gasteiger partial charge is 0.381 e. The van der Waals surface area contributed by atoms with Crippen LogP contribution in [0.4, 0.5) is 0 Å². The number of methoxy groups -OCH3 is 2. The molecule has 5 aliphatic carbocycles. The van der Waals surface area contributed by atoms with Crippen molar-refractivity contribution in [1.82, 2.24) is 0 Å². The highest BCUT2D eigenvalue weighted by molar-refractivity contribution is 5.25. The summed E-state index contributed by atoms with van der Waals surface area (Å²) < 4.78 is 12.1. The Morgan fingerprint density at radius 2 is 1.24 bits per heavy atom. The van der Waals surface area contributed by atoms with E-state index in [2.05, 4.69) is 54.5 Å². The maximum atomic E-state index is 6.05. The van der Waals surface area contributed by atoms with Gasteiger partial charge in [-0.25, -0.2) is 0 Å². The molecule has 0 aliphatic heterocycles. The van der Waals surface area contributed by atoms with Crippen LogP contribution in [0.1, 0.15) is 113 Å². The van der Waals surface area contributed by atoms with Crippen molar-refractivity contribution < 1.29 is 9.47 Å². The summed E-state index contributed by atoms with van der Waals surface area (Å²) in [6, 6.07) is 0. The van der Waals surface area contributed by atoms with Gasteiger partial charge in [-0.2, -0.15) is 0 Å². The summed E-state index contributed by atoms with van der Waals surface area (Å²) in [5.74, 6) is 3.13. The third-order valence-electron chi connectivity index (χ3n) is 13.4. The zero-order valence-electron chi connectivity index (χ0n) is 23.9. The van der Waals surface area contributed by atoms with Crippen molar-refractivity contribution in [3.63, 3.8) is 0 Å². The molecule has 0 aromatic carbocycles. The second-order valence-electron chi connectivity index (χ2n) is 15.4. The van der Waals surface area contributed by atoms with Crippen LogP contribution in [0, 0.1) is 50.7 Å². The number of fused-ring (bicyclic) bond motifs is 6. The van der Waals surface area contributed by atoms with Crippen molar-refractivity contribution in [1.29, 1.82) is 0 Å². The summed E-state index contributed by atoms with van der Waals surface area (Å²) in [5.41, 5.74) is 3.73. The Morgan fingerprint density at radius 3 is 1.85 bits per heavy atom. The summed E-state index contributed by atoms with van der Waals surface area (Å²) in [6.07, 6.45) is 17.0. The van der Waals surface area contributed by atoms with Crippen LogP contribution in [0.5, 0.6) is 0 Å². The van der Waals surface area contributed by atoms with Gasteiger partial charge in [0.25, 0.3) is 0 Å². The number of ether oxygens (including phenoxy) is 2. The minimum absolute atomic E-state index is 0.256. The molecule has 0 aromatic heterocycles. The van der Waals surface area contributed by atoms with E-state index in [4.69, 9.17) is 9.47 Å². The van der Waals surface area contributed by atoms with Crippen molar-refractivity contribution in [2.24, 2.45) is 50.7 Å². The molecule has 0 amide bonds. The highest BCUT2D eigenvalue weighted by atomic mass is 16.5. The van der Waals surface area contributed by atoms with Gasteiger partial charge in [0.15, 0.2) is 0 Å². The summed E-state index contributed by atoms with van der Waals surface area (Å²) >= 11 is 0. The Hall–Kier alpha value is -0.340. The molecule has 0 aromatic rings. The van der Waals surface area contributed by atoms with Crippen LogP contribution in [0.15, 0.2) is 11.6 Å². The molecule has 0 radical (unpaired) electrons.